The highest BCUT2D eigenvalue weighted by Crippen LogP contribution is 2.48. The first-order chi connectivity index (χ1) is 13.6. The molecule has 8 heteroatoms. The fraction of sp³-hybridized carbons (Fsp3) is 0.478. The Balaban J connectivity index is 0. The quantitative estimate of drug-likeness (QED) is 0.527. The first kappa shape index (κ1) is 26.2. The summed E-state index contributed by atoms with van der Waals surface area (Å²) in [6.07, 6.45) is 1.13. The minimum Gasteiger partial charge on any atom is -0.507 e. The molecule has 1 fully saturated rings. The molecule has 3 atom stereocenters. The average Bonchev–Trinajstić information content (AvgIpc) is 2.62. The van der Waals surface area contributed by atoms with E-state index in [2.05, 4.69) is 0 Å². The number of aliphatic hydroxyl groups excluding tert-OH is 1. The van der Waals surface area contributed by atoms with E-state index in [-0.39, 0.29) is 66.3 Å². The van der Waals surface area contributed by atoms with Crippen molar-refractivity contribution in [2.45, 2.75) is 53.4 Å². The third kappa shape index (κ3) is 4.31. The summed E-state index contributed by atoms with van der Waals surface area (Å²) in [6.45, 7) is 6.26. The largest absolute Gasteiger partial charge is 0.507 e. The molecular formula is C23H34O8. The molecule has 0 amide bonds. The van der Waals surface area contributed by atoms with Crippen LogP contribution >= 0.6 is 0 Å². The van der Waals surface area contributed by atoms with Crippen molar-refractivity contribution in [1.82, 2.24) is 0 Å². The number of carbonyl (C=O) groups excluding carboxylic acids is 4. The highest BCUT2D eigenvalue weighted by molar-refractivity contribution is 6.17. The Morgan fingerprint density at radius 3 is 2.29 bits per heavy atom. The number of rotatable bonds is 5. The summed E-state index contributed by atoms with van der Waals surface area (Å²) >= 11 is 0. The van der Waals surface area contributed by atoms with Gasteiger partial charge in [0.2, 0.25) is 0 Å². The van der Waals surface area contributed by atoms with Gasteiger partial charge in [0.15, 0.2) is 17.3 Å². The van der Waals surface area contributed by atoms with Crippen LogP contribution in [0.15, 0.2) is 11.6 Å². The molecule has 1 saturated carbocycles. The first-order valence-electron chi connectivity index (χ1n) is 9.94. The Kier molecular flexibility index (Phi) is 8.05. The Hall–Kier alpha value is -2.84. The Morgan fingerprint density at radius 2 is 1.77 bits per heavy atom. The molecule has 2 aliphatic carbocycles. The predicted octanol–water partition coefficient (Wildman–Crippen LogP) is 2.35. The van der Waals surface area contributed by atoms with Gasteiger partial charge in [-0.15, -0.1) is 0 Å². The van der Waals surface area contributed by atoms with Crippen molar-refractivity contribution in [3.8, 4) is 5.75 Å². The molecule has 3 rings (SSSR count). The van der Waals surface area contributed by atoms with Crippen LogP contribution in [0.25, 0.3) is 5.76 Å². The van der Waals surface area contributed by atoms with E-state index in [4.69, 9.17) is 0 Å². The number of aryl methyl sites for hydroxylation is 1. The number of hydrogen-bond acceptors (Lipinski definition) is 6. The van der Waals surface area contributed by atoms with E-state index in [1.807, 2.05) is 6.92 Å². The van der Waals surface area contributed by atoms with E-state index in [1.54, 1.807) is 13.0 Å². The minimum absolute atomic E-state index is 0. The second kappa shape index (κ2) is 9.53. The van der Waals surface area contributed by atoms with E-state index in [1.165, 1.54) is 13.8 Å². The zero-order valence-electron chi connectivity index (χ0n) is 18.2. The van der Waals surface area contributed by atoms with Gasteiger partial charge < -0.3 is 21.2 Å². The van der Waals surface area contributed by atoms with Crippen LogP contribution in [0.1, 0.15) is 69.9 Å². The van der Waals surface area contributed by atoms with Crippen LogP contribution in [0.2, 0.25) is 0 Å². The molecule has 0 bridgehead atoms. The van der Waals surface area contributed by atoms with Gasteiger partial charge in [0.25, 0.3) is 0 Å². The van der Waals surface area contributed by atoms with Crippen LogP contribution in [0.4, 0.5) is 0 Å². The summed E-state index contributed by atoms with van der Waals surface area (Å²) in [5.74, 6) is -3.39. The molecule has 8 nitrogen and oxygen atoms in total. The highest BCUT2D eigenvalue weighted by Gasteiger charge is 2.47. The summed E-state index contributed by atoms with van der Waals surface area (Å²) < 4.78 is 0. The molecule has 1 aromatic rings. The lowest BCUT2D eigenvalue weighted by atomic mass is 9.63. The van der Waals surface area contributed by atoms with Gasteiger partial charge in [-0.05, 0) is 62.6 Å². The maximum absolute atomic E-state index is 13.3. The van der Waals surface area contributed by atoms with Gasteiger partial charge in [0.1, 0.15) is 17.3 Å². The lowest BCUT2D eigenvalue weighted by Crippen LogP contribution is -2.42. The summed E-state index contributed by atoms with van der Waals surface area (Å²) in [5.41, 5.74) is 1.65. The molecule has 6 N–H and O–H groups in total. The van der Waals surface area contributed by atoms with Crippen LogP contribution in [-0.4, -0.2) is 44.3 Å². The van der Waals surface area contributed by atoms with Gasteiger partial charge in [0.05, 0.1) is 17.9 Å². The van der Waals surface area contributed by atoms with Gasteiger partial charge >= 0.3 is 0 Å². The number of aliphatic hydroxyl groups is 1. The smallest absolute Gasteiger partial charge is 0.173 e. The van der Waals surface area contributed by atoms with Crippen LogP contribution in [0.5, 0.6) is 5.75 Å². The maximum atomic E-state index is 13.3. The molecule has 3 unspecified atom stereocenters. The molecule has 0 radical (unpaired) electrons. The number of allylic oxidation sites excluding steroid dienone is 1. The van der Waals surface area contributed by atoms with Crippen LogP contribution in [0, 0.1) is 24.7 Å². The molecule has 0 spiro atoms. The van der Waals surface area contributed by atoms with Crippen LogP contribution < -0.4 is 0 Å². The summed E-state index contributed by atoms with van der Waals surface area (Å²) in [7, 11) is 0. The molecule has 1 aromatic carbocycles. The highest BCUT2D eigenvalue weighted by atomic mass is 16.3. The first-order valence-corrected chi connectivity index (χ1v) is 9.94. The normalized spacial score (nSPS) is 21.9. The van der Waals surface area contributed by atoms with Gasteiger partial charge in [-0.1, -0.05) is 13.3 Å². The average molecular weight is 439 g/mol. The standard InChI is InChI=1S/C23H26O6.2H2O.2H2/c1-5-13-8-14-9-16-15(12(4)25)6-10(2)21(27)20(16)23(29)19(14)22(28)18(13)17(26)7-11(3)24;;;;/h6,13-14,18,27,29H,5,7-9H2,1-4H3;2*1H2;2*1H. The Bertz CT molecular complexity index is 983. The number of benzene rings is 1. The van der Waals surface area contributed by atoms with Crippen molar-refractivity contribution in [1.29, 1.82) is 0 Å². The van der Waals surface area contributed by atoms with Gasteiger partial charge in [-0.2, -0.15) is 0 Å². The number of ketones is 4. The predicted molar refractivity (Wildman–Crippen MR) is 118 cm³/mol. The zero-order valence-corrected chi connectivity index (χ0v) is 18.2. The van der Waals surface area contributed by atoms with Crippen molar-refractivity contribution < 1.29 is 43.2 Å². The lowest BCUT2D eigenvalue weighted by Gasteiger charge is -2.39. The van der Waals surface area contributed by atoms with Crippen LogP contribution in [-0.2, 0) is 20.8 Å². The van der Waals surface area contributed by atoms with Crippen LogP contribution in [0.3, 0.4) is 0 Å². The van der Waals surface area contributed by atoms with Crippen molar-refractivity contribution in [2.24, 2.45) is 17.8 Å². The summed E-state index contributed by atoms with van der Waals surface area (Å²) in [6, 6.07) is 1.61. The fourth-order valence-corrected chi connectivity index (χ4v) is 4.87. The molecule has 0 saturated heterocycles. The second-order valence-corrected chi connectivity index (χ2v) is 8.25. The minimum atomic E-state index is -0.960. The molecule has 0 heterocycles. The fourth-order valence-electron chi connectivity index (χ4n) is 4.87. The zero-order chi connectivity index (χ0) is 21.6. The molecule has 0 aromatic heterocycles. The van der Waals surface area contributed by atoms with E-state index in [0.29, 0.717) is 36.0 Å². The second-order valence-electron chi connectivity index (χ2n) is 8.25. The topological polar surface area (TPSA) is 172 Å². The Labute approximate surface area is 183 Å². The lowest BCUT2D eigenvalue weighted by molar-refractivity contribution is -0.136. The number of fused-ring (bicyclic) bond motifs is 2. The Morgan fingerprint density at radius 1 is 1.16 bits per heavy atom. The van der Waals surface area contributed by atoms with Crippen molar-refractivity contribution in [3.05, 3.63) is 33.9 Å². The number of Topliss-reactive ketones (excluding diaryl/α,β-unsaturated/α-hetero) is 4. The van der Waals surface area contributed by atoms with E-state index >= 15 is 0 Å². The van der Waals surface area contributed by atoms with Crippen molar-refractivity contribution >= 4 is 28.9 Å². The van der Waals surface area contributed by atoms with Crippen molar-refractivity contribution in [3.63, 3.8) is 0 Å². The van der Waals surface area contributed by atoms with E-state index in [0.717, 1.165) is 0 Å². The number of aromatic hydroxyl groups is 1. The molecule has 2 aliphatic rings. The number of phenols is 1. The third-order valence-electron chi connectivity index (χ3n) is 6.23. The summed E-state index contributed by atoms with van der Waals surface area (Å²) in [5, 5.41) is 21.5. The van der Waals surface area contributed by atoms with E-state index in [9.17, 15) is 29.4 Å². The molecule has 31 heavy (non-hydrogen) atoms. The molecule has 174 valence electrons. The number of carbonyl (C=O) groups is 4. The SMILES string of the molecule is CCC1CC2Cc3c(C(C)=O)cc(C)c(O)c3C(O)=C2C(=O)C1C(=O)CC(C)=O.O.O.[HH].[HH]. The van der Waals surface area contributed by atoms with Gasteiger partial charge in [-0.25, -0.2) is 0 Å². The van der Waals surface area contributed by atoms with Gasteiger partial charge in [-0.3, -0.25) is 19.2 Å². The third-order valence-corrected chi connectivity index (χ3v) is 6.23. The number of hydrogen-bond donors (Lipinski definition) is 2. The molecule has 0 aliphatic heterocycles. The molecular weight excluding hydrogens is 404 g/mol. The van der Waals surface area contributed by atoms with Crippen molar-refractivity contribution in [2.75, 3.05) is 0 Å². The monoisotopic (exact) mass is 438 g/mol. The summed E-state index contributed by atoms with van der Waals surface area (Å²) in [4.78, 5) is 49.5. The maximum Gasteiger partial charge on any atom is 0.173 e. The van der Waals surface area contributed by atoms with Gasteiger partial charge in [0, 0.05) is 14.0 Å². The van der Waals surface area contributed by atoms with E-state index < -0.39 is 17.5 Å². The number of phenolic OH excluding ortho intramolecular Hbond substituents is 1.